The van der Waals surface area contributed by atoms with Gasteiger partial charge in [-0.2, -0.15) is 0 Å². The zero-order chi connectivity index (χ0) is 9.26. The average Bonchev–Trinajstić information content (AvgIpc) is 2.28. The van der Waals surface area contributed by atoms with E-state index in [1.807, 2.05) is 0 Å². The van der Waals surface area contributed by atoms with Crippen molar-refractivity contribution in [2.45, 2.75) is 32.1 Å². The maximum Gasteiger partial charge on any atom is 0.221 e. The van der Waals surface area contributed by atoms with Gasteiger partial charge in [0.2, 0.25) is 5.95 Å². The molecule has 1 aromatic heterocycles. The smallest absolute Gasteiger partial charge is 0.221 e. The van der Waals surface area contributed by atoms with Crippen LogP contribution in [-0.4, -0.2) is 9.97 Å². The molecule has 3 nitrogen and oxygen atoms in total. The van der Waals surface area contributed by atoms with Gasteiger partial charge in [-0.1, -0.05) is 18.0 Å². The molecule has 1 aliphatic carbocycles. The lowest BCUT2D eigenvalue weighted by Crippen LogP contribution is -2.03. The second kappa shape index (κ2) is 3.50. The molecule has 2 rings (SSSR count). The second-order valence-electron chi connectivity index (χ2n) is 3.36. The van der Waals surface area contributed by atoms with E-state index < -0.39 is 0 Å². The van der Waals surface area contributed by atoms with Crippen LogP contribution in [0.4, 0.5) is 5.95 Å². The van der Waals surface area contributed by atoms with Gasteiger partial charge in [-0.25, -0.2) is 9.97 Å². The topological polar surface area (TPSA) is 51.8 Å². The number of nitrogens with zero attached hydrogens (tertiary/aromatic N) is 2. The number of hydrogen-bond donors (Lipinski definition) is 1. The van der Waals surface area contributed by atoms with E-state index in [0.717, 1.165) is 24.1 Å². The first-order valence-corrected chi connectivity index (χ1v) is 4.96. The molecule has 1 aromatic rings. The van der Waals surface area contributed by atoms with E-state index in [2.05, 4.69) is 9.97 Å². The van der Waals surface area contributed by atoms with Crippen LogP contribution in [0.15, 0.2) is 0 Å². The van der Waals surface area contributed by atoms with Crippen LogP contribution < -0.4 is 5.73 Å². The lowest BCUT2D eigenvalue weighted by molar-refractivity contribution is 0.709. The van der Waals surface area contributed by atoms with Gasteiger partial charge < -0.3 is 5.73 Å². The quantitative estimate of drug-likeness (QED) is 0.511. The summed E-state index contributed by atoms with van der Waals surface area (Å²) in [7, 11) is 0. The molecule has 4 heteroatoms. The minimum Gasteiger partial charge on any atom is -0.368 e. The third-order valence-electron chi connectivity index (χ3n) is 2.40. The number of nitrogen functional groups attached to an aromatic ring is 1. The van der Waals surface area contributed by atoms with Crippen LogP contribution in [-0.2, 0) is 12.8 Å². The number of anilines is 1. The van der Waals surface area contributed by atoms with Crippen molar-refractivity contribution in [2.75, 3.05) is 5.73 Å². The summed E-state index contributed by atoms with van der Waals surface area (Å²) in [5.74, 6) is 0.297. The van der Waals surface area contributed by atoms with Gasteiger partial charge in [-0.3, -0.25) is 0 Å². The molecule has 0 aliphatic heterocycles. The number of aryl methyl sites for hydroxylation is 1. The number of rotatable bonds is 0. The maximum atomic E-state index is 5.99. The van der Waals surface area contributed by atoms with Crippen molar-refractivity contribution in [3.05, 3.63) is 16.4 Å². The Balaban J connectivity index is 2.47. The van der Waals surface area contributed by atoms with Crippen LogP contribution >= 0.6 is 11.6 Å². The van der Waals surface area contributed by atoms with Gasteiger partial charge in [-0.05, 0) is 25.7 Å². The molecule has 0 unspecified atom stereocenters. The fraction of sp³-hybridized carbons (Fsp3) is 0.556. The summed E-state index contributed by atoms with van der Waals surface area (Å²) in [6.07, 6.45) is 5.59. The minimum atomic E-state index is 0.297. The van der Waals surface area contributed by atoms with Gasteiger partial charge >= 0.3 is 0 Å². The Kier molecular flexibility index (Phi) is 2.36. The summed E-state index contributed by atoms with van der Waals surface area (Å²) < 4.78 is 0. The number of fused-ring (bicyclic) bond motifs is 1. The zero-order valence-electron chi connectivity index (χ0n) is 7.39. The van der Waals surface area contributed by atoms with Crippen LogP contribution in [0, 0.1) is 0 Å². The summed E-state index contributed by atoms with van der Waals surface area (Å²) in [6.45, 7) is 0. The molecule has 1 aliphatic rings. The normalized spacial score (nSPS) is 16.4. The number of halogens is 1. The molecule has 0 saturated carbocycles. The summed E-state index contributed by atoms with van der Waals surface area (Å²) in [5, 5.41) is 0.546. The van der Waals surface area contributed by atoms with Crippen LogP contribution in [0.25, 0.3) is 0 Å². The SMILES string of the molecule is Nc1nc(Cl)c2c(n1)CCCCC2. The van der Waals surface area contributed by atoms with Gasteiger partial charge in [0.15, 0.2) is 0 Å². The standard InChI is InChI=1S/C9H12ClN3/c10-8-6-4-2-1-3-5-7(6)12-9(11)13-8/h1-5H2,(H2,11,12,13). The van der Waals surface area contributed by atoms with Crippen molar-refractivity contribution < 1.29 is 0 Å². The van der Waals surface area contributed by atoms with E-state index in [1.54, 1.807) is 0 Å². The molecule has 0 atom stereocenters. The Hall–Kier alpha value is -0.830. The average molecular weight is 198 g/mol. The molecular weight excluding hydrogens is 186 g/mol. The third kappa shape index (κ3) is 1.75. The molecule has 0 spiro atoms. The van der Waals surface area contributed by atoms with Gasteiger partial charge in [0.25, 0.3) is 0 Å². The third-order valence-corrected chi connectivity index (χ3v) is 2.71. The monoisotopic (exact) mass is 197 g/mol. The lowest BCUT2D eigenvalue weighted by Gasteiger charge is -2.06. The Morgan fingerprint density at radius 2 is 1.85 bits per heavy atom. The van der Waals surface area contributed by atoms with Crippen LogP contribution in [0.2, 0.25) is 5.15 Å². The summed E-state index contributed by atoms with van der Waals surface area (Å²) in [4.78, 5) is 8.18. The molecule has 13 heavy (non-hydrogen) atoms. The Bertz CT molecular complexity index is 325. The van der Waals surface area contributed by atoms with Crippen LogP contribution in [0.5, 0.6) is 0 Å². The fourth-order valence-electron chi connectivity index (χ4n) is 1.74. The highest BCUT2D eigenvalue weighted by Crippen LogP contribution is 2.24. The van der Waals surface area contributed by atoms with Crippen molar-refractivity contribution in [3.8, 4) is 0 Å². The van der Waals surface area contributed by atoms with Crippen molar-refractivity contribution in [3.63, 3.8) is 0 Å². The first kappa shape index (κ1) is 8.75. The van der Waals surface area contributed by atoms with Crippen molar-refractivity contribution >= 4 is 17.5 Å². The highest BCUT2D eigenvalue weighted by atomic mass is 35.5. The van der Waals surface area contributed by atoms with Gasteiger partial charge in [0.05, 0.1) is 5.69 Å². The van der Waals surface area contributed by atoms with E-state index >= 15 is 0 Å². The number of aromatic nitrogens is 2. The van der Waals surface area contributed by atoms with E-state index in [4.69, 9.17) is 17.3 Å². The zero-order valence-corrected chi connectivity index (χ0v) is 8.14. The molecular formula is C9H12ClN3. The predicted octanol–water partition coefficient (Wildman–Crippen LogP) is 1.98. The van der Waals surface area contributed by atoms with E-state index in [1.165, 1.54) is 19.3 Å². The molecule has 0 aromatic carbocycles. The fourth-order valence-corrected chi connectivity index (χ4v) is 2.03. The van der Waals surface area contributed by atoms with Gasteiger partial charge in [0, 0.05) is 5.56 Å². The Morgan fingerprint density at radius 3 is 2.69 bits per heavy atom. The highest BCUT2D eigenvalue weighted by molar-refractivity contribution is 6.30. The van der Waals surface area contributed by atoms with Crippen molar-refractivity contribution in [1.29, 1.82) is 0 Å². The summed E-state index contributed by atoms with van der Waals surface area (Å²) in [5.41, 5.74) is 7.68. The lowest BCUT2D eigenvalue weighted by atomic mass is 10.1. The molecule has 0 bridgehead atoms. The molecule has 0 amide bonds. The molecule has 0 fully saturated rings. The largest absolute Gasteiger partial charge is 0.368 e. The molecule has 2 N–H and O–H groups in total. The number of nitrogens with two attached hydrogens (primary N) is 1. The van der Waals surface area contributed by atoms with E-state index in [9.17, 15) is 0 Å². The Labute approximate surface area is 82.3 Å². The molecule has 70 valence electrons. The van der Waals surface area contributed by atoms with E-state index in [-0.39, 0.29) is 0 Å². The highest BCUT2D eigenvalue weighted by Gasteiger charge is 2.14. The van der Waals surface area contributed by atoms with Crippen molar-refractivity contribution in [2.24, 2.45) is 0 Å². The molecule has 1 heterocycles. The van der Waals surface area contributed by atoms with Crippen LogP contribution in [0.3, 0.4) is 0 Å². The molecule has 0 radical (unpaired) electrons. The summed E-state index contributed by atoms with van der Waals surface area (Å²) >= 11 is 5.99. The van der Waals surface area contributed by atoms with Gasteiger partial charge in [-0.15, -0.1) is 0 Å². The predicted molar refractivity (Wildman–Crippen MR) is 52.7 cm³/mol. The Morgan fingerprint density at radius 1 is 1.08 bits per heavy atom. The van der Waals surface area contributed by atoms with Crippen molar-refractivity contribution in [1.82, 2.24) is 9.97 Å². The first-order valence-electron chi connectivity index (χ1n) is 4.58. The first-order chi connectivity index (χ1) is 6.27. The van der Waals surface area contributed by atoms with Gasteiger partial charge in [0.1, 0.15) is 5.15 Å². The van der Waals surface area contributed by atoms with E-state index in [0.29, 0.717) is 11.1 Å². The molecule has 0 saturated heterocycles. The maximum absolute atomic E-state index is 5.99. The second-order valence-corrected chi connectivity index (χ2v) is 3.72. The van der Waals surface area contributed by atoms with Crippen LogP contribution in [0.1, 0.15) is 30.5 Å². The minimum absolute atomic E-state index is 0.297. The number of hydrogen-bond acceptors (Lipinski definition) is 3. The summed E-state index contributed by atoms with van der Waals surface area (Å²) in [6, 6.07) is 0.